The summed E-state index contributed by atoms with van der Waals surface area (Å²) in [6.45, 7) is 81.6. The van der Waals surface area contributed by atoms with Crippen molar-refractivity contribution in [1.82, 2.24) is 0 Å². The van der Waals surface area contributed by atoms with E-state index >= 15 is 0 Å². The van der Waals surface area contributed by atoms with E-state index in [9.17, 15) is 0 Å². The summed E-state index contributed by atoms with van der Waals surface area (Å²) in [5.74, 6) is 11.6. The third-order valence-electron chi connectivity index (χ3n) is 19.7. The first-order chi connectivity index (χ1) is 36.0. The van der Waals surface area contributed by atoms with Gasteiger partial charge < -0.3 is 0 Å². The van der Waals surface area contributed by atoms with Crippen LogP contribution in [0.3, 0.4) is 0 Å². The largest absolute Gasteiger partial charge is 0.0683 e. The van der Waals surface area contributed by atoms with Crippen LogP contribution in [0, 0.1) is 104 Å². The normalized spacial score (nSPS) is 26.4. The van der Waals surface area contributed by atoms with E-state index in [1.54, 1.807) is 0 Å². The van der Waals surface area contributed by atoms with E-state index in [1.807, 2.05) is 27.7 Å². The summed E-state index contributed by atoms with van der Waals surface area (Å²) in [7, 11) is 0. The number of rotatable bonds is 1. The van der Waals surface area contributed by atoms with E-state index < -0.39 is 0 Å². The van der Waals surface area contributed by atoms with Gasteiger partial charge in [0.25, 0.3) is 0 Å². The van der Waals surface area contributed by atoms with Crippen molar-refractivity contribution in [3.05, 3.63) is 0 Å². The fraction of sp³-hybridized carbons (Fsp3) is 1.00. The van der Waals surface area contributed by atoms with Crippen molar-refractivity contribution >= 4 is 0 Å². The summed E-state index contributed by atoms with van der Waals surface area (Å²) < 4.78 is 0. The molecular weight excluding hydrogens is 949 g/mol. The molecule has 7 fully saturated rings. The molecule has 7 rings (SSSR count). The summed E-state index contributed by atoms with van der Waals surface area (Å²) in [6, 6.07) is 0. The van der Waals surface area contributed by atoms with Crippen LogP contribution in [0.4, 0.5) is 0 Å². The molecule has 6 atom stereocenters. The zero-order valence-electron chi connectivity index (χ0n) is 63.6. The fourth-order valence-electron chi connectivity index (χ4n) is 10.6. The maximum Gasteiger partial charge on any atom is -0.0323 e. The SMILES string of the molecule is CC.CC.CC(C)(C)C.CC(C)C.CC1C(C)(C)CCC1(C)C.CC1CCC(C)(C)C1C.CC1CCC(C)(C)CC1.CC1CCCC1.CC1CCCC1C.CC1CCCC1C.CC1CCCCC1.CCC(C)(C)C.CCC(C)C. The van der Waals surface area contributed by atoms with Gasteiger partial charge >= 0.3 is 0 Å². The van der Waals surface area contributed by atoms with Gasteiger partial charge in [-0.05, 0) is 142 Å². The molecule has 79 heavy (non-hydrogen) atoms. The molecule has 0 amide bonds. The van der Waals surface area contributed by atoms with Gasteiger partial charge in [0.1, 0.15) is 0 Å². The minimum atomic E-state index is 0.500. The molecule has 0 saturated heterocycles. The Morgan fingerprint density at radius 3 is 0.709 bits per heavy atom. The minimum absolute atomic E-state index is 0.500. The molecule has 0 aromatic carbocycles. The van der Waals surface area contributed by atoms with Gasteiger partial charge in [-0.15, -0.1) is 0 Å². The van der Waals surface area contributed by atoms with Crippen LogP contribution in [-0.4, -0.2) is 0 Å². The smallest absolute Gasteiger partial charge is 0.0323 e. The number of hydrogen-bond donors (Lipinski definition) is 0. The Morgan fingerprint density at radius 1 is 0.354 bits per heavy atom. The third-order valence-corrected chi connectivity index (χ3v) is 19.7. The Hall–Kier alpha value is 0. The van der Waals surface area contributed by atoms with Gasteiger partial charge in [0.15, 0.2) is 0 Å². The molecule has 7 aliphatic rings. The maximum absolute atomic E-state index is 2.40. The Balaban J connectivity index is -0.000000186. The Kier molecular flexibility index (Phi) is 56.1. The third kappa shape index (κ3) is 59.5. The fourth-order valence-corrected chi connectivity index (χ4v) is 10.6. The van der Waals surface area contributed by atoms with Gasteiger partial charge in [-0.2, -0.15) is 0 Å². The van der Waals surface area contributed by atoms with Gasteiger partial charge in [-0.3, -0.25) is 0 Å². The lowest BCUT2D eigenvalue weighted by Crippen LogP contribution is -2.24. The summed E-state index contributed by atoms with van der Waals surface area (Å²) in [4.78, 5) is 0. The lowest BCUT2D eigenvalue weighted by Gasteiger charge is -2.32. The second kappa shape index (κ2) is 49.2. The molecule has 0 heterocycles. The van der Waals surface area contributed by atoms with E-state index in [0.717, 1.165) is 71.0 Å². The van der Waals surface area contributed by atoms with Crippen molar-refractivity contribution < 1.29 is 0 Å². The van der Waals surface area contributed by atoms with Gasteiger partial charge in [0.05, 0.1) is 0 Å². The summed E-state index contributed by atoms with van der Waals surface area (Å²) in [5, 5.41) is 0. The van der Waals surface area contributed by atoms with Crippen molar-refractivity contribution in [2.24, 2.45) is 104 Å². The van der Waals surface area contributed by atoms with Crippen molar-refractivity contribution in [1.29, 1.82) is 0 Å². The van der Waals surface area contributed by atoms with Crippen LogP contribution in [0.2, 0.25) is 0 Å². The van der Waals surface area contributed by atoms with Gasteiger partial charge in [-0.25, -0.2) is 0 Å². The standard InChI is InChI=1S/C10H20.2C9H18.3C7H14.C6H12.C6H14.2C5H12.C4H10.2C2H6/c1-8-9(2,3)6-7-10(8,4)5;1-7-5-6-9(3,4)8(7)2;1-8-4-6-9(2,3)7-5-8;2*1-6-4-3-5-7(6)2;1-7-5-3-2-4-6-7;1-6-4-2-3-5-6;1-5-6(2,3)4;1-5(2,3)4;1-4-5(2)3;1-4(2)3;2*1-2/h8H,6-7H2,1-5H3;7-8H,5-6H2,1-4H3;8H,4-7H2,1-3H3;2*6-7H,3-5H2,1-2H3;7H,2-6H2,1H3;6H,2-5H2,1H3;5H2,1-4H3;1-4H3;5H,4H2,1-3H3;4H,1-3H3;2*1-2H3. The number of hydrogen-bond acceptors (Lipinski definition) is 0. The second-order valence-electron chi connectivity index (χ2n) is 34.2. The maximum atomic E-state index is 2.40. The van der Waals surface area contributed by atoms with Crippen LogP contribution >= 0.6 is 0 Å². The minimum Gasteiger partial charge on any atom is -0.0683 e. The summed E-state index contributed by atoms with van der Waals surface area (Å²) in [6.07, 6.45) is 36.3. The molecule has 486 valence electrons. The monoisotopic (exact) mass is 1120 g/mol. The van der Waals surface area contributed by atoms with Crippen LogP contribution in [0.25, 0.3) is 0 Å². The molecule has 0 spiro atoms. The second-order valence-corrected chi connectivity index (χ2v) is 34.2. The summed E-state index contributed by atoms with van der Waals surface area (Å²) >= 11 is 0. The molecule has 0 aromatic rings. The summed E-state index contributed by atoms with van der Waals surface area (Å²) in [5.41, 5.74) is 3.50. The average Bonchev–Trinajstić information content (AvgIpc) is 4.18. The highest BCUT2D eigenvalue weighted by atomic mass is 14.5. The van der Waals surface area contributed by atoms with Gasteiger partial charge in [-0.1, -0.05) is 371 Å². The molecule has 0 aliphatic heterocycles. The Labute approximate surface area is 510 Å². The van der Waals surface area contributed by atoms with E-state index in [1.165, 1.54) is 161 Å². The van der Waals surface area contributed by atoms with Crippen molar-refractivity contribution in [2.75, 3.05) is 0 Å². The zero-order chi connectivity index (χ0) is 63.6. The van der Waals surface area contributed by atoms with Crippen molar-refractivity contribution in [3.63, 3.8) is 0 Å². The quantitative estimate of drug-likeness (QED) is 0.245. The molecule has 0 aromatic heterocycles. The van der Waals surface area contributed by atoms with Gasteiger partial charge in [0.2, 0.25) is 0 Å². The van der Waals surface area contributed by atoms with Crippen LogP contribution < -0.4 is 0 Å². The first-order valence-electron chi connectivity index (χ1n) is 36.0. The van der Waals surface area contributed by atoms with E-state index in [0.29, 0.717) is 32.5 Å². The Morgan fingerprint density at radius 2 is 0.608 bits per heavy atom. The average molecular weight is 1120 g/mol. The van der Waals surface area contributed by atoms with Crippen LogP contribution in [-0.2, 0) is 0 Å². The van der Waals surface area contributed by atoms with Crippen LogP contribution in [0.5, 0.6) is 0 Å². The van der Waals surface area contributed by atoms with E-state index in [4.69, 9.17) is 0 Å². The van der Waals surface area contributed by atoms with Crippen molar-refractivity contribution in [3.8, 4) is 0 Å². The lowest BCUT2D eigenvalue weighted by atomic mass is 9.74. The van der Waals surface area contributed by atoms with E-state index in [2.05, 4.69) is 222 Å². The zero-order valence-corrected chi connectivity index (χ0v) is 63.6. The molecule has 0 N–H and O–H groups in total. The highest BCUT2D eigenvalue weighted by molar-refractivity contribution is 4.93. The Bertz CT molecular complexity index is 1160. The van der Waals surface area contributed by atoms with E-state index in [-0.39, 0.29) is 0 Å². The van der Waals surface area contributed by atoms with Crippen LogP contribution in [0.15, 0.2) is 0 Å². The lowest BCUT2D eigenvalue weighted by molar-refractivity contribution is 0.179. The van der Waals surface area contributed by atoms with Gasteiger partial charge in [0, 0.05) is 0 Å². The molecular formula is C79H170. The topological polar surface area (TPSA) is 0 Å². The molecule has 7 aliphatic carbocycles. The predicted octanol–water partition coefficient (Wildman–Crippen LogP) is 29.7. The first kappa shape index (κ1) is 90.2. The first-order valence-corrected chi connectivity index (χ1v) is 36.0. The molecule has 7 saturated carbocycles. The van der Waals surface area contributed by atoms with Crippen molar-refractivity contribution in [2.45, 2.75) is 410 Å². The highest BCUT2D eigenvalue weighted by Gasteiger charge is 2.43. The molecule has 0 bridgehead atoms. The van der Waals surface area contributed by atoms with Crippen LogP contribution in [0.1, 0.15) is 410 Å². The molecule has 0 nitrogen and oxygen atoms in total. The molecule has 0 heteroatoms. The predicted molar refractivity (Wildman–Crippen MR) is 376 cm³/mol. The molecule has 0 radical (unpaired) electrons. The highest BCUT2D eigenvalue weighted by Crippen LogP contribution is 2.53. The molecule has 6 unspecified atom stereocenters.